The van der Waals surface area contributed by atoms with E-state index in [1.807, 2.05) is 26.2 Å². The van der Waals surface area contributed by atoms with Crippen LogP contribution in [-0.4, -0.2) is 36.6 Å². The van der Waals surface area contributed by atoms with Crippen molar-refractivity contribution in [1.29, 1.82) is 0 Å². The third-order valence-electron chi connectivity index (χ3n) is 2.22. The Kier molecular flexibility index (Phi) is 3.58. The van der Waals surface area contributed by atoms with Crippen LogP contribution in [0, 0.1) is 0 Å². The van der Waals surface area contributed by atoms with Gasteiger partial charge in [-0.3, -0.25) is 15.3 Å². The Balaban J connectivity index is 2.08. The molecule has 4 nitrogen and oxygen atoms in total. The van der Waals surface area contributed by atoms with Gasteiger partial charge in [-0.15, -0.1) is 0 Å². The summed E-state index contributed by atoms with van der Waals surface area (Å²) in [5.41, 5.74) is 4.73. The second kappa shape index (κ2) is 4.95. The third kappa shape index (κ3) is 2.81. The molecule has 0 unspecified atom stereocenters. The summed E-state index contributed by atoms with van der Waals surface area (Å²) in [4.78, 5) is 11.8. The van der Waals surface area contributed by atoms with Crippen LogP contribution in [0.4, 0.5) is 0 Å². The Morgan fingerprint density at radius 2 is 2.31 bits per heavy atom. The van der Waals surface area contributed by atoms with Gasteiger partial charge in [0.1, 0.15) is 6.10 Å². The molecule has 1 aliphatic rings. The number of halogens is 1. The monoisotopic (exact) mass is 283 g/mol. The fourth-order valence-corrected chi connectivity index (χ4v) is 1.75. The highest BCUT2D eigenvalue weighted by atomic mass is 79.9. The molecule has 0 saturated carbocycles. The number of aromatic nitrogens is 1. The van der Waals surface area contributed by atoms with Crippen LogP contribution in [0.3, 0.4) is 0 Å². The maximum absolute atomic E-state index is 5.43. The van der Waals surface area contributed by atoms with Crippen LogP contribution < -0.4 is 5.48 Å². The normalized spacial score (nSPS) is 19.8. The highest BCUT2D eigenvalue weighted by molar-refractivity contribution is 9.10. The van der Waals surface area contributed by atoms with E-state index in [2.05, 4.69) is 37.4 Å². The first-order valence-corrected chi connectivity index (χ1v) is 5.84. The molecule has 0 bridgehead atoms. The van der Waals surface area contributed by atoms with Crippen LogP contribution >= 0.6 is 15.9 Å². The number of hydrogen-bond acceptors (Lipinski definition) is 4. The molecule has 0 spiro atoms. The molecule has 1 atom stereocenters. The number of hydrogen-bond donors (Lipinski definition) is 1. The first kappa shape index (κ1) is 11.6. The van der Waals surface area contributed by atoms with E-state index in [4.69, 9.17) is 4.84 Å². The zero-order valence-corrected chi connectivity index (χ0v) is 10.9. The molecule has 0 aromatic carbocycles. The Morgan fingerprint density at radius 1 is 1.50 bits per heavy atom. The van der Waals surface area contributed by atoms with Gasteiger partial charge in [-0.25, -0.2) is 0 Å². The molecule has 5 heteroatoms. The van der Waals surface area contributed by atoms with Gasteiger partial charge in [-0.05, 0) is 48.2 Å². The molecular weight excluding hydrogens is 270 g/mol. The van der Waals surface area contributed by atoms with E-state index in [0.29, 0.717) is 0 Å². The largest absolute Gasteiger partial charge is 0.306 e. The van der Waals surface area contributed by atoms with Gasteiger partial charge in [0.2, 0.25) is 0 Å². The lowest BCUT2D eigenvalue weighted by Crippen LogP contribution is -2.26. The molecule has 0 fully saturated rings. The average Bonchev–Trinajstić information content (AvgIpc) is 2.66. The van der Waals surface area contributed by atoms with E-state index < -0.39 is 0 Å². The third-order valence-corrected chi connectivity index (χ3v) is 2.69. The predicted molar refractivity (Wildman–Crippen MR) is 66.5 cm³/mol. The Hall–Kier alpha value is -0.910. The molecule has 2 rings (SSSR count). The molecule has 0 aliphatic carbocycles. The van der Waals surface area contributed by atoms with E-state index in [-0.39, 0.29) is 6.10 Å². The van der Waals surface area contributed by atoms with Gasteiger partial charge < -0.3 is 4.90 Å². The summed E-state index contributed by atoms with van der Waals surface area (Å²) >= 11 is 3.36. The van der Waals surface area contributed by atoms with Crippen LogP contribution in [0.1, 0.15) is 5.69 Å². The molecule has 1 aromatic heterocycles. The van der Waals surface area contributed by atoms with Gasteiger partial charge in [0, 0.05) is 17.2 Å². The van der Waals surface area contributed by atoms with E-state index >= 15 is 0 Å². The molecule has 86 valence electrons. The van der Waals surface area contributed by atoms with Crippen molar-refractivity contribution in [2.75, 3.05) is 20.6 Å². The van der Waals surface area contributed by atoms with Crippen LogP contribution in [0.15, 0.2) is 28.9 Å². The smallest absolute Gasteiger partial charge is 0.118 e. The van der Waals surface area contributed by atoms with Crippen molar-refractivity contribution in [3.05, 3.63) is 34.6 Å². The fraction of sp³-hybridized carbons (Fsp3) is 0.364. The van der Waals surface area contributed by atoms with Crippen LogP contribution in [-0.2, 0) is 4.84 Å². The molecule has 2 heterocycles. The molecule has 1 aliphatic heterocycles. The summed E-state index contributed by atoms with van der Waals surface area (Å²) < 4.78 is 0.973. The van der Waals surface area contributed by atoms with Crippen LogP contribution in [0.2, 0.25) is 0 Å². The second-order valence-electron chi connectivity index (χ2n) is 3.96. The topological polar surface area (TPSA) is 37.4 Å². The van der Waals surface area contributed by atoms with Gasteiger partial charge in [0.05, 0.1) is 11.4 Å². The number of hydroxylamine groups is 1. The van der Waals surface area contributed by atoms with E-state index in [1.54, 1.807) is 6.20 Å². The number of nitrogens with zero attached hydrogens (tertiary/aromatic N) is 2. The second-order valence-corrected chi connectivity index (χ2v) is 4.88. The lowest BCUT2D eigenvalue weighted by molar-refractivity contribution is 0.0369. The van der Waals surface area contributed by atoms with Gasteiger partial charge >= 0.3 is 0 Å². The van der Waals surface area contributed by atoms with Gasteiger partial charge in [0.25, 0.3) is 0 Å². The standard InChI is InChI=1S/C11H14BrN3O/c1-15(2)7-9-5-11(14-16-9)10-4-3-8(12)6-13-10/h3-6,9,14H,7H2,1-2H3/t9-/m0/s1. The number of likely N-dealkylation sites (N-methyl/N-ethyl adjacent to an activating group) is 1. The van der Waals surface area contributed by atoms with Gasteiger partial charge in [-0.2, -0.15) is 0 Å². The van der Waals surface area contributed by atoms with Crippen molar-refractivity contribution in [3.63, 3.8) is 0 Å². The summed E-state index contributed by atoms with van der Waals surface area (Å²) in [6.45, 7) is 0.854. The molecule has 0 radical (unpaired) electrons. The molecule has 1 aromatic rings. The van der Waals surface area contributed by atoms with E-state index in [9.17, 15) is 0 Å². The van der Waals surface area contributed by atoms with Crippen molar-refractivity contribution in [1.82, 2.24) is 15.4 Å². The van der Waals surface area contributed by atoms with E-state index in [1.165, 1.54) is 0 Å². The SMILES string of the molecule is CN(C)C[C@@H]1C=C(c2ccc(Br)cn2)NO1. The van der Waals surface area contributed by atoms with Crippen molar-refractivity contribution in [2.45, 2.75) is 6.10 Å². The summed E-state index contributed by atoms with van der Waals surface area (Å²) in [7, 11) is 4.04. The maximum atomic E-state index is 5.43. The minimum Gasteiger partial charge on any atom is -0.306 e. The minimum atomic E-state index is 0.0791. The lowest BCUT2D eigenvalue weighted by atomic mass is 10.2. The molecule has 16 heavy (non-hydrogen) atoms. The average molecular weight is 284 g/mol. The van der Waals surface area contributed by atoms with Crippen molar-refractivity contribution in [3.8, 4) is 0 Å². The Morgan fingerprint density at radius 3 is 2.94 bits per heavy atom. The predicted octanol–water partition coefficient (Wildman–Crippen LogP) is 1.65. The fourth-order valence-electron chi connectivity index (χ4n) is 1.52. The first-order chi connectivity index (χ1) is 7.65. The van der Waals surface area contributed by atoms with Crippen molar-refractivity contribution >= 4 is 21.6 Å². The molecule has 1 N–H and O–H groups in total. The highest BCUT2D eigenvalue weighted by Crippen LogP contribution is 2.18. The Labute approximate surface area is 103 Å². The molecular formula is C11H14BrN3O. The lowest BCUT2D eigenvalue weighted by Gasteiger charge is -2.12. The number of nitrogens with one attached hydrogen (secondary N) is 1. The van der Waals surface area contributed by atoms with Gasteiger partial charge in [-0.1, -0.05) is 0 Å². The van der Waals surface area contributed by atoms with Crippen LogP contribution in [0.25, 0.3) is 5.70 Å². The summed E-state index contributed by atoms with van der Waals surface area (Å²) in [6, 6.07) is 3.91. The molecule has 0 saturated heterocycles. The van der Waals surface area contributed by atoms with E-state index in [0.717, 1.165) is 22.4 Å². The maximum Gasteiger partial charge on any atom is 0.118 e. The van der Waals surface area contributed by atoms with Gasteiger partial charge in [0.15, 0.2) is 0 Å². The summed E-state index contributed by atoms with van der Waals surface area (Å²) in [6.07, 6.45) is 3.91. The summed E-state index contributed by atoms with van der Waals surface area (Å²) in [5, 5.41) is 0. The Bertz CT molecular complexity index is 389. The quantitative estimate of drug-likeness (QED) is 0.916. The van der Waals surface area contributed by atoms with Crippen LogP contribution in [0.5, 0.6) is 0 Å². The van der Waals surface area contributed by atoms with Crippen molar-refractivity contribution in [2.24, 2.45) is 0 Å². The minimum absolute atomic E-state index is 0.0791. The zero-order valence-electron chi connectivity index (χ0n) is 9.27. The zero-order chi connectivity index (χ0) is 11.5. The number of rotatable bonds is 3. The number of pyridine rings is 1. The molecule has 0 amide bonds. The first-order valence-electron chi connectivity index (χ1n) is 5.05. The van der Waals surface area contributed by atoms with Crippen molar-refractivity contribution < 1.29 is 4.84 Å². The highest BCUT2D eigenvalue weighted by Gasteiger charge is 2.18. The summed E-state index contributed by atoms with van der Waals surface area (Å²) in [5.74, 6) is 0.